The molecule has 0 radical (unpaired) electrons. The Labute approximate surface area is 174 Å². The summed E-state index contributed by atoms with van der Waals surface area (Å²) in [5.74, 6) is 0.388. The largest absolute Gasteiger partial charge is 0.489 e. The topological polar surface area (TPSA) is 71.0 Å². The van der Waals surface area contributed by atoms with Gasteiger partial charge in [0.25, 0.3) is 5.91 Å². The van der Waals surface area contributed by atoms with Crippen molar-refractivity contribution in [1.82, 2.24) is 10.3 Å². The molecule has 150 valence electrons. The number of hydrogen-bond donors (Lipinski definition) is 1. The molecule has 0 unspecified atom stereocenters. The zero-order valence-corrected chi connectivity index (χ0v) is 16.7. The zero-order valence-electron chi connectivity index (χ0n) is 15.9. The van der Waals surface area contributed by atoms with Crippen molar-refractivity contribution in [2.24, 2.45) is 5.10 Å². The Hall–Kier alpha value is -2.86. The Morgan fingerprint density at radius 1 is 1.10 bits per heavy atom. The number of nitrogens with zero attached hydrogens (tertiary/aromatic N) is 2. The van der Waals surface area contributed by atoms with E-state index in [2.05, 4.69) is 10.4 Å². The molecular formula is C22H22ClN3O3. The molecule has 2 aliphatic rings. The highest BCUT2D eigenvalue weighted by atomic mass is 35.5. The van der Waals surface area contributed by atoms with Crippen LogP contribution in [-0.4, -0.2) is 28.7 Å². The fraction of sp³-hybridized carbons (Fsp3) is 0.318. The maximum Gasteiger partial charge on any atom is 0.346 e. The molecule has 1 heterocycles. The van der Waals surface area contributed by atoms with Crippen LogP contribution in [0.1, 0.15) is 43.2 Å². The predicted molar refractivity (Wildman–Crippen MR) is 111 cm³/mol. The van der Waals surface area contributed by atoms with Gasteiger partial charge in [0.05, 0.1) is 6.21 Å². The van der Waals surface area contributed by atoms with Crippen LogP contribution in [0.5, 0.6) is 5.75 Å². The number of imide groups is 1. The second-order valence-electron chi connectivity index (χ2n) is 7.39. The molecule has 1 aliphatic carbocycles. The standard InChI is InChI=1S/C22H22ClN3O3/c23-19-10-3-2-8-17(19)15-29-18-9-6-7-16(13-18)14-24-26-20(27)22(25-21(26)28)11-4-1-5-12-22/h2-3,6-10,13-14H,1,4-5,11-12,15H2,(H,25,28)/b24-14-. The third kappa shape index (κ3) is 4.12. The lowest BCUT2D eigenvalue weighted by Gasteiger charge is -2.29. The molecular weight excluding hydrogens is 390 g/mol. The summed E-state index contributed by atoms with van der Waals surface area (Å²) in [4.78, 5) is 25.0. The van der Waals surface area contributed by atoms with Gasteiger partial charge in [-0.2, -0.15) is 5.10 Å². The number of carbonyl (C=O) groups excluding carboxylic acids is 2. The van der Waals surface area contributed by atoms with Gasteiger partial charge in [0.2, 0.25) is 0 Å². The quantitative estimate of drug-likeness (QED) is 0.581. The molecule has 4 rings (SSSR count). The van der Waals surface area contributed by atoms with Gasteiger partial charge in [0.15, 0.2) is 0 Å². The number of ether oxygens (including phenoxy) is 1. The van der Waals surface area contributed by atoms with Crippen LogP contribution in [-0.2, 0) is 11.4 Å². The van der Waals surface area contributed by atoms with Crippen LogP contribution in [0.4, 0.5) is 4.79 Å². The van der Waals surface area contributed by atoms with Crippen LogP contribution in [0.25, 0.3) is 0 Å². The first-order valence-electron chi connectivity index (χ1n) is 9.74. The number of amides is 3. The Morgan fingerprint density at radius 3 is 2.69 bits per heavy atom. The molecule has 6 nitrogen and oxygen atoms in total. The first-order valence-corrected chi connectivity index (χ1v) is 10.1. The monoisotopic (exact) mass is 411 g/mol. The van der Waals surface area contributed by atoms with Gasteiger partial charge in [-0.05, 0) is 36.6 Å². The number of urea groups is 1. The predicted octanol–water partition coefficient (Wildman–Crippen LogP) is 4.51. The van der Waals surface area contributed by atoms with Gasteiger partial charge in [-0.1, -0.05) is 61.2 Å². The van der Waals surface area contributed by atoms with Gasteiger partial charge in [0.1, 0.15) is 17.9 Å². The highest BCUT2D eigenvalue weighted by molar-refractivity contribution is 6.31. The van der Waals surface area contributed by atoms with Crippen LogP contribution in [0, 0.1) is 0 Å². The van der Waals surface area contributed by atoms with E-state index in [1.165, 1.54) is 6.21 Å². The molecule has 7 heteroatoms. The summed E-state index contributed by atoms with van der Waals surface area (Å²) in [6.45, 7) is 0.343. The second-order valence-corrected chi connectivity index (χ2v) is 7.79. The number of benzene rings is 2. The van der Waals surface area contributed by atoms with Crippen LogP contribution in [0.15, 0.2) is 53.6 Å². The molecule has 1 N–H and O–H groups in total. The summed E-state index contributed by atoms with van der Waals surface area (Å²) in [5, 5.41) is 8.60. The van der Waals surface area contributed by atoms with Gasteiger partial charge < -0.3 is 10.1 Å². The summed E-state index contributed by atoms with van der Waals surface area (Å²) in [6.07, 6.45) is 5.82. The van der Waals surface area contributed by atoms with E-state index in [1.807, 2.05) is 42.5 Å². The summed E-state index contributed by atoms with van der Waals surface area (Å²) in [7, 11) is 0. The normalized spacial score (nSPS) is 18.4. The molecule has 2 aromatic carbocycles. The van der Waals surface area contributed by atoms with Crippen molar-refractivity contribution in [1.29, 1.82) is 0 Å². The van der Waals surface area contributed by atoms with E-state index in [0.717, 1.165) is 35.4 Å². The molecule has 0 bridgehead atoms. The number of hydrogen-bond acceptors (Lipinski definition) is 4. The Kier molecular flexibility index (Phi) is 5.53. The highest BCUT2D eigenvalue weighted by Crippen LogP contribution is 2.33. The van der Waals surface area contributed by atoms with E-state index in [1.54, 1.807) is 6.07 Å². The fourth-order valence-electron chi connectivity index (χ4n) is 3.79. The van der Waals surface area contributed by atoms with Crippen LogP contribution in [0.2, 0.25) is 5.02 Å². The van der Waals surface area contributed by atoms with Crippen LogP contribution >= 0.6 is 11.6 Å². The molecule has 1 saturated carbocycles. The molecule has 29 heavy (non-hydrogen) atoms. The highest BCUT2D eigenvalue weighted by Gasteiger charge is 2.51. The molecule has 1 saturated heterocycles. The summed E-state index contributed by atoms with van der Waals surface area (Å²) in [6, 6.07) is 14.3. The molecule has 1 spiro atoms. The Balaban J connectivity index is 1.43. The lowest BCUT2D eigenvalue weighted by molar-refractivity contribution is -0.132. The van der Waals surface area contributed by atoms with Gasteiger partial charge in [-0.3, -0.25) is 4.79 Å². The van der Waals surface area contributed by atoms with E-state index in [9.17, 15) is 9.59 Å². The summed E-state index contributed by atoms with van der Waals surface area (Å²) < 4.78 is 5.81. The van der Waals surface area contributed by atoms with Crippen molar-refractivity contribution < 1.29 is 14.3 Å². The molecule has 2 fully saturated rings. The molecule has 3 amide bonds. The van der Waals surface area contributed by atoms with Crippen molar-refractivity contribution in [2.45, 2.75) is 44.2 Å². The summed E-state index contributed by atoms with van der Waals surface area (Å²) >= 11 is 6.16. The van der Waals surface area contributed by atoms with E-state index in [4.69, 9.17) is 16.3 Å². The lowest BCUT2D eigenvalue weighted by atomic mass is 9.82. The van der Waals surface area contributed by atoms with Crippen LogP contribution < -0.4 is 10.1 Å². The summed E-state index contributed by atoms with van der Waals surface area (Å²) in [5.41, 5.74) is 0.851. The second kappa shape index (κ2) is 8.25. The van der Waals surface area contributed by atoms with Crippen molar-refractivity contribution >= 4 is 29.8 Å². The van der Waals surface area contributed by atoms with Crippen molar-refractivity contribution in [3.63, 3.8) is 0 Å². The van der Waals surface area contributed by atoms with E-state index in [0.29, 0.717) is 30.2 Å². The SMILES string of the molecule is O=C1NC2(CCCCC2)C(=O)N1/N=C\c1cccc(OCc2ccccc2Cl)c1. The third-order valence-corrected chi connectivity index (χ3v) is 5.75. The number of nitrogens with one attached hydrogen (secondary N) is 1. The van der Waals surface area contributed by atoms with Crippen molar-refractivity contribution in [3.05, 3.63) is 64.7 Å². The maximum atomic E-state index is 12.8. The zero-order chi connectivity index (χ0) is 20.3. The fourth-order valence-corrected chi connectivity index (χ4v) is 3.98. The third-order valence-electron chi connectivity index (χ3n) is 5.38. The molecule has 2 aromatic rings. The average molecular weight is 412 g/mol. The lowest BCUT2D eigenvalue weighted by Crippen LogP contribution is -2.48. The van der Waals surface area contributed by atoms with Crippen molar-refractivity contribution in [3.8, 4) is 5.75 Å². The Morgan fingerprint density at radius 2 is 1.90 bits per heavy atom. The number of halogens is 1. The molecule has 1 aliphatic heterocycles. The minimum absolute atomic E-state index is 0.260. The molecule has 0 aromatic heterocycles. The number of carbonyl (C=O) groups is 2. The first kappa shape index (κ1) is 19.5. The first-order chi connectivity index (χ1) is 14.1. The minimum Gasteiger partial charge on any atom is -0.489 e. The van der Waals surface area contributed by atoms with Gasteiger partial charge in [0, 0.05) is 10.6 Å². The average Bonchev–Trinajstić information content (AvgIpc) is 2.95. The van der Waals surface area contributed by atoms with E-state index >= 15 is 0 Å². The van der Waals surface area contributed by atoms with Gasteiger partial charge in [-0.15, -0.1) is 5.01 Å². The van der Waals surface area contributed by atoms with Crippen molar-refractivity contribution in [2.75, 3.05) is 0 Å². The van der Waals surface area contributed by atoms with Crippen LogP contribution in [0.3, 0.4) is 0 Å². The van der Waals surface area contributed by atoms with Gasteiger partial charge >= 0.3 is 6.03 Å². The maximum absolute atomic E-state index is 12.8. The van der Waals surface area contributed by atoms with E-state index < -0.39 is 11.6 Å². The molecule has 0 atom stereocenters. The number of rotatable bonds is 5. The smallest absolute Gasteiger partial charge is 0.346 e. The van der Waals surface area contributed by atoms with E-state index in [-0.39, 0.29) is 5.91 Å². The Bertz CT molecular complexity index is 954. The van der Waals surface area contributed by atoms with Gasteiger partial charge in [-0.25, -0.2) is 4.79 Å². The minimum atomic E-state index is -0.771. The number of hydrazone groups is 1.